The van der Waals surface area contributed by atoms with Crippen molar-refractivity contribution >= 4 is 11.6 Å². The molecule has 144 valence electrons. The van der Waals surface area contributed by atoms with Crippen LogP contribution in [0.2, 0.25) is 0 Å². The number of aromatic nitrogens is 1. The van der Waals surface area contributed by atoms with E-state index in [-0.39, 0.29) is 0 Å². The number of pyridine rings is 1. The minimum absolute atomic E-state index is 0.630. The maximum atomic E-state index is 5.11. The molecule has 1 saturated heterocycles. The van der Waals surface area contributed by atoms with Crippen LogP contribution < -0.4 is 15.0 Å². The van der Waals surface area contributed by atoms with Crippen LogP contribution in [0.1, 0.15) is 16.7 Å². The lowest BCUT2D eigenvalue weighted by atomic mass is 10.1. The van der Waals surface area contributed by atoms with Gasteiger partial charge in [-0.05, 0) is 36.6 Å². The summed E-state index contributed by atoms with van der Waals surface area (Å²) in [5.74, 6) is 1.57. The fourth-order valence-corrected chi connectivity index (χ4v) is 3.39. The standard InChI is InChI=1S/C21H29N5O/c1-16-6-5-7-19(17(16)2)25-10-12-26(13-11-25)21(22-3)24-15-18-8-9-20(27-4)23-14-18/h5-9,14H,10-13,15H2,1-4H3,(H,22,24). The molecule has 0 atom stereocenters. The zero-order chi connectivity index (χ0) is 19.2. The van der Waals surface area contributed by atoms with E-state index in [4.69, 9.17) is 4.74 Å². The van der Waals surface area contributed by atoms with Crippen molar-refractivity contribution in [2.75, 3.05) is 45.2 Å². The number of hydrogen-bond donors (Lipinski definition) is 1. The Morgan fingerprint density at radius 3 is 2.56 bits per heavy atom. The summed E-state index contributed by atoms with van der Waals surface area (Å²) in [6, 6.07) is 10.4. The van der Waals surface area contributed by atoms with Crippen molar-refractivity contribution in [3.8, 4) is 5.88 Å². The number of aryl methyl sites for hydroxylation is 1. The lowest BCUT2D eigenvalue weighted by Gasteiger charge is -2.38. The van der Waals surface area contributed by atoms with Crippen LogP contribution >= 0.6 is 0 Å². The molecule has 6 heteroatoms. The Balaban J connectivity index is 1.56. The number of piperazine rings is 1. The van der Waals surface area contributed by atoms with Gasteiger partial charge in [0.1, 0.15) is 0 Å². The van der Waals surface area contributed by atoms with E-state index in [1.54, 1.807) is 7.11 Å². The van der Waals surface area contributed by atoms with Crippen LogP contribution in [-0.2, 0) is 6.54 Å². The zero-order valence-electron chi connectivity index (χ0n) is 16.7. The van der Waals surface area contributed by atoms with Crippen LogP contribution in [-0.4, -0.2) is 56.2 Å². The fourth-order valence-electron chi connectivity index (χ4n) is 3.39. The summed E-state index contributed by atoms with van der Waals surface area (Å²) in [5, 5.41) is 3.44. The predicted molar refractivity (Wildman–Crippen MR) is 111 cm³/mol. The molecule has 1 N–H and O–H groups in total. The first-order valence-electron chi connectivity index (χ1n) is 9.38. The molecule has 0 radical (unpaired) electrons. The Bertz CT molecular complexity index is 780. The van der Waals surface area contributed by atoms with Gasteiger partial charge in [0.2, 0.25) is 5.88 Å². The van der Waals surface area contributed by atoms with Crippen molar-refractivity contribution in [3.63, 3.8) is 0 Å². The van der Waals surface area contributed by atoms with E-state index in [1.807, 2.05) is 25.4 Å². The summed E-state index contributed by atoms with van der Waals surface area (Å²) in [6.45, 7) is 8.97. The van der Waals surface area contributed by atoms with Crippen molar-refractivity contribution in [3.05, 3.63) is 53.2 Å². The van der Waals surface area contributed by atoms with Gasteiger partial charge < -0.3 is 19.9 Å². The molecule has 0 unspecified atom stereocenters. The lowest BCUT2D eigenvalue weighted by Crippen LogP contribution is -2.52. The molecule has 0 aliphatic carbocycles. The van der Waals surface area contributed by atoms with Gasteiger partial charge in [-0.2, -0.15) is 0 Å². The van der Waals surface area contributed by atoms with Crippen LogP contribution in [0, 0.1) is 13.8 Å². The highest BCUT2D eigenvalue weighted by Gasteiger charge is 2.21. The number of rotatable bonds is 4. The molecule has 1 aromatic carbocycles. The molecular formula is C21H29N5O. The number of guanidine groups is 1. The number of benzene rings is 1. The molecule has 1 fully saturated rings. The highest BCUT2D eigenvalue weighted by atomic mass is 16.5. The molecule has 1 aromatic heterocycles. The normalized spacial score (nSPS) is 15.0. The van der Waals surface area contributed by atoms with Gasteiger partial charge in [-0.15, -0.1) is 0 Å². The van der Waals surface area contributed by atoms with E-state index >= 15 is 0 Å². The monoisotopic (exact) mass is 367 g/mol. The second-order valence-corrected chi connectivity index (χ2v) is 6.80. The maximum absolute atomic E-state index is 5.11. The maximum Gasteiger partial charge on any atom is 0.212 e. The molecule has 6 nitrogen and oxygen atoms in total. The Morgan fingerprint density at radius 2 is 1.93 bits per heavy atom. The van der Waals surface area contributed by atoms with Gasteiger partial charge >= 0.3 is 0 Å². The van der Waals surface area contributed by atoms with E-state index in [0.717, 1.165) is 37.7 Å². The van der Waals surface area contributed by atoms with Crippen molar-refractivity contribution in [1.29, 1.82) is 0 Å². The molecule has 0 saturated carbocycles. The third-order valence-corrected chi connectivity index (χ3v) is 5.17. The summed E-state index contributed by atoms with van der Waals surface area (Å²) in [7, 11) is 3.46. The molecule has 27 heavy (non-hydrogen) atoms. The van der Waals surface area contributed by atoms with Crippen LogP contribution in [0.4, 0.5) is 5.69 Å². The SMILES string of the molecule is CN=C(NCc1ccc(OC)nc1)N1CCN(c2cccc(C)c2C)CC1. The number of aliphatic imine (C=N–C) groups is 1. The number of ether oxygens (including phenoxy) is 1. The first-order chi connectivity index (χ1) is 13.1. The Labute approximate surface area is 161 Å². The van der Waals surface area contributed by atoms with Crippen molar-refractivity contribution in [2.24, 2.45) is 4.99 Å². The molecule has 1 aliphatic heterocycles. The summed E-state index contributed by atoms with van der Waals surface area (Å²) in [5.41, 5.74) is 5.17. The minimum atomic E-state index is 0.630. The molecule has 1 aliphatic rings. The Kier molecular flexibility index (Phi) is 6.16. The minimum Gasteiger partial charge on any atom is -0.481 e. The van der Waals surface area contributed by atoms with Gasteiger partial charge in [-0.1, -0.05) is 18.2 Å². The number of anilines is 1. The number of nitrogens with one attached hydrogen (secondary N) is 1. The van der Waals surface area contributed by atoms with Crippen LogP contribution in [0.3, 0.4) is 0 Å². The van der Waals surface area contributed by atoms with E-state index in [0.29, 0.717) is 12.4 Å². The molecule has 2 aromatic rings. The van der Waals surface area contributed by atoms with Gasteiger partial charge in [0.25, 0.3) is 0 Å². The van der Waals surface area contributed by atoms with E-state index in [9.17, 15) is 0 Å². The van der Waals surface area contributed by atoms with Crippen LogP contribution in [0.5, 0.6) is 5.88 Å². The van der Waals surface area contributed by atoms with Gasteiger partial charge in [0, 0.05) is 57.7 Å². The van der Waals surface area contributed by atoms with Gasteiger partial charge in [-0.3, -0.25) is 4.99 Å². The smallest absolute Gasteiger partial charge is 0.212 e. The highest BCUT2D eigenvalue weighted by Crippen LogP contribution is 2.23. The van der Waals surface area contributed by atoms with E-state index < -0.39 is 0 Å². The average Bonchev–Trinajstić information content (AvgIpc) is 2.71. The number of nitrogens with zero attached hydrogens (tertiary/aromatic N) is 4. The van der Waals surface area contributed by atoms with Gasteiger partial charge in [0.05, 0.1) is 7.11 Å². The third kappa shape index (κ3) is 4.51. The molecular weight excluding hydrogens is 338 g/mol. The first kappa shape index (κ1) is 19.0. The lowest BCUT2D eigenvalue weighted by molar-refractivity contribution is 0.372. The summed E-state index contributed by atoms with van der Waals surface area (Å²) >= 11 is 0. The second-order valence-electron chi connectivity index (χ2n) is 6.80. The third-order valence-electron chi connectivity index (χ3n) is 5.17. The van der Waals surface area contributed by atoms with E-state index in [1.165, 1.54) is 16.8 Å². The summed E-state index contributed by atoms with van der Waals surface area (Å²) < 4.78 is 5.11. The van der Waals surface area contributed by atoms with Gasteiger partial charge in [0.15, 0.2) is 5.96 Å². The number of hydrogen-bond acceptors (Lipinski definition) is 4. The van der Waals surface area contributed by atoms with Crippen molar-refractivity contribution in [1.82, 2.24) is 15.2 Å². The van der Waals surface area contributed by atoms with E-state index in [2.05, 4.69) is 57.1 Å². The molecule has 3 rings (SSSR count). The first-order valence-corrected chi connectivity index (χ1v) is 9.38. The Hall–Kier alpha value is -2.76. The fraction of sp³-hybridized carbons (Fsp3) is 0.429. The quantitative estimate of drug-likeness (QED) is 0.665. The van der Waals surface area contributed by atoms with Crippen LogP contribution in [0.25, 0.3) is 0 Å². The zero-order valence-corrected chi connectivity index (χ0v) is 16.7. The summed E-state index contributed by atoms with van der Waals surface area (Å²) in [4.78, 5) is 13.5. The second kappa shape index (κ2) is 8.75. The number of methoxy groups -OCH3 is 1. The van der Waals surface area contributed by atoms with Crippen molar-refractivity contribution < 1.29 is 4.74 Å². The predicted octanol–water partition coefficient (Wildman–Crippen LogP) is 2.60. The molecule has 0 amide bonds. The topological polar surface area (TPSA) is 53.0 Å². The van der Waals surface area contributed by atoms with Gasteiger partial charge in [-0.25, -0.2) is 4.98 Å². The van der Waals surface area contributed by atoms with Crippen molar-refractivity contribution in [2.45, 2.75) is 20.4 Å². The Morgan fingerprint density at radius 1 is 1.15 bits per heavy atom. The average molecular weight is 367 g/mol. The molecule has 2 heterocycles. The highest BCUT2D eigenvalue weighted by molar-refractivity contribution is 5.80. The summed E-state index contributed by atoms with van der Waals surface area (Å²) in [6.07, 6.45) is 1.83. The molecule has 0 bridgehead atoms. The largest absolute Gasteiger partial charge is 0.481 e. The molecule has 0 spiro atoms. The van der Waals surface area contributed by atoms with Crippen LogP contribution in [0.15, 0.2) is 41.5 Å².